The van der Waals surface area contributed by atoms with E-state index in [0.717, 1.165) is 12.8 Å². The van der Waals surface area contributed by atoms with Crippen molar-refractivity contribution in [1.82, 2.24) is 5.32 Å². The standard InChI is InChI=1S/C9H19NO3S2/c1-2-14(11)6-5-10-9-4-3-7-15(12,13)8-9/h9-10H,2-8H2,1H3. The second kappa shape index (κ2) is 5.96. The van der Waals surface area contributed by atoms with Crippen LogP contribution in [0.15, 0.2) is 0 Å². The minimum absolute atomic E-state index is 0.0672. The summed E-state index contributed by atoms with van der Waals surface area (Å²) in [7, 11) is -3.59. The van der Waals surface area contributed by atoms with Crippen molar-refractivity contribution in [3.8, 4) is 0 Å². The fourth-order valence-electron chi connectivity index (χ4n) is 1.71. The molecule has 1 heterocycles. The minimum Gasteiger partial charge on any atom is -0.312 e. The molecule has 0 amide bonds. The van der Waals surface area contributed by atoms with Crippen molar-refractivity contribution in [2.45, 2.75) is 25.8 Å². The maximum Gasteiger partial charge on any atom is 0.151 e. The van der Waals surface area contributed by atoms with Gasteiger partial charge in [-0.1, -0.05) is 6.92 Å². The highest BCUT2D eigenvalue weighted by Gasteiger charge is 2.23. The molecule has 0 aromatic rings. The number of nitrogens with one attached hydrogen (secondary N) is 1. The van der Waals surface area contributed by atoms with Gasteiger partial charge in [0.15, 0.2) is 9.84 Å². The molecule has 1 saturated heterocycles. The van der Waals surface area contributed by atoms with Gasteiger partial charge in [0.25, 0.3) is 0 Å². The summed E-state index contributed by atoms with van der Waals surface area (Å²) in [6.07, 6.45) is 1.66. The first kappa shape index (κ1) is 13.1. The van der Waals surface area contributed by atoms with E-state index in [1.165, 1.54) is 0 Å². The molecule has 1 aliphatic heterocycles. The summed E-state index contributed by atoms with van der Waals surface area (Å²) in [5.74, 6) is 1.86. The van der Waals surface area contributed by atoms with Crippen LogP contribution in [-0.4, -0.2) is 48.2 Å². The number of sulfone groups is 1. The Morgan fingerprint density at radius 1 is 1.47 bits per heavy atom. The molecule has 4 nitrogen and oxygen atoms in total. The molecule has 0 saturated carbocycles. The van der Waals surface area contributed by atoms with E-state index in [1.807, 2.05) is 6.92 Å². The molecule has 0 aliphatic carbocycles. The summed E-state index contributed by atoms with van der Waals surface area (Å²) >= 11 is 0. The summed E-state index contributed by atoms with van der Waals surface area (Å²) in [6, 6.07) is 0.0672. The topological polar surface area (TPSA) is 63.2 Å². The van der Waals surface area contributed by atoms with Crippen molar-refractivity contribution in [3.05, 3.63) is 0 Å². The van der Waals surface area contributed by atoms with Crippen LogP contribution in [0.4, 0.5) is 0 Å². The lowest BCUT2D eigenvalue weighted by molar-refractivity contribution is 0.492. The van der Waals surface area contributed by atoms with Crippen molar-refractivity contribution in [3.63, 3.8) is 0 Å². The van der Waals surface area contributed by atoms with Gasteiger partial charge >= 0.3 is 0 Å². The zero-order valence-corrected chi connectivity index (χ0v) is 10.7. The first-order valence-electron chi connectivity index (χ1n) is 5.32. The maximum absolute atomic E-state index is 11.3. The molecule has 1 N–H and O–H groups in total. The van der Waals surface area contributed by atoms with E-state index in [0.29, 0.717) is 23.8 Å². The molecule has 90 valence electrons. The van der Waals surface area contributed by atoms with Gasteiger partial charge < -0.3 is 5.32 Å². The molecule has 0 spiro atoms. The molecule has 0 radical (unpaired) electrons. The van der Waals surface area contributed by atoms with E-state index in [9.17, 15) is 12.6 Å². The predicted molar refractivity (Wildman–Crippen MR) is 63.2 cm³/mol. The summed E-state index contributed by atoms with van der Waals surface area (Å²) in [4.78, 5) is 0. The first-order valence-corrected chi connectivity index (χ1v) is 8.63. The van der Waals surface area contributed by atoms with E-state index in [2.05, 4.69) is 5.32 Å². The van der Waals surface area contributed by atoms with Gasteiger partial charge in [-0.2, -0.15) is 0 Å². The third-order valence-electron chi connectivity index (χ3n) is 2.55. The van der Waals surface area contributed by atoms with E-state index in [4.69, 9.17) is 0 Å². The third kappa shape index (κ3) is 5.08. The average molecular weight is 253 g/mol. The van der Waals surface area contributed by atoms with Crippen LogP contribution in [0.5, 0.6) is 0 Å². The van der Waals surface area contributed by atoms with Gasteiger partial charge in [0.1, 0.15) is 0 Å². The van der Waals surface area contributed by atoms with Crippen molar-refractivity contribution in [2.75, 3.05) is 29.6 Å². The Hall–Kier alpha value is 0.0600. The van der Waals surface area contributed by atoms with Gasteiger partial charge in [0, 0.05) is 34.9 Å². The number of hydrogen-bond donors (Lipinski definition) is 1. The molecule has 6 heteroatoms. The summed E-state index contributed by atoms with van der Waals surface area (Å²) in [6.45, 7) is 2.54. The Morgan fingerprint density at radius 2 is 2.20 bits per heavy atom. The zero-order valence-electron chi connectivity index (χ0n) is 9.07. The van der Waals surface area contributed by atoms with Crippen LogP contribution >= 0.6 is 0 Å². The Kier molecular flexibility index (Phi) is 5.22. The molecule has 2 atom stereocenters. The Bertz CT molecular complexity index is 313. The second-order valence-electron chi connectivity index (χ2n) is 3.84. The van der Waals surface area contributed by atoms with Crippen molar-refractivity contribution >= 4 is 20.6 Å². The highest BCUT2D eigenvalue weighted by molar-refractivity contribution is 7.91. The van der Waals surface area contributed by atoms with Crippen molar-refractivity contribution in [1.29, 1.82) is 0 Å². The molecule has 1 aliphatic rings. The molecule has 15 heavy (non-hydrogen) atoms. The van der Waals surface area contributed by atoms with Crippen LogP contribution in [0, 0.1) is 0 Å². The molecule has 0 bridgehead atoms. The van der Waals surface area contributed by atoms with Crippen LogP contribution in [-0.2, 0) is 20.6 Å². The van der Waals surface area contributed by atoms with E-state index < -0.39 is 20.6 Å². The third-order valence-corrected chi connectivity index (χ3v) is 5.67. The van der Waals surface area contributed by atoms with Gasteiger partial charge in [-0.15, -0.1) is 0 Å². The van der Waals surface area contributed by atoms with E-state index in [1.54, 1.807) is 0 Å². The van der Waals surface area contributed by atoms with Crippen molar-refractivity contribution < 1.29 is 12.6 Å². The predicted octanol–water partition coefficient (Wildman–Crippen LogP) is -0.0782. The molecule has 2 unspecified atom stereocenters. The number of hydrogen-bond acceptors (Lipinski definition) is 4. The Labute approximate surface area is 94.2 Å². The second-order valence-corrected chi connectivity index (χ2v) is 7.93. The molecular formula is C9H19NO3S2. The largest absolute Gasteiger partial charge is 0.312 e. The van der Waals surface area contributed by atoms with E-state index in [-0.39, 0.29) is 11.8 Å². The molecule has 1 fully saturated rings. The maximum atomic E-state index is 11.3. The fraction of sp³-hybridized carbons (Fsp3) is 1.00. The SMILES string of the molecule is CCS(=O)CCNC1CCCS(=O)(=O)C1. The minimum atomic E-state index is -2.83. The Balaban J connectivity index is 2.24. The highest BCUT2D eigenvalue weighted by atomic mass is 32.2. The zero-order chi connectivity index (χ0) is 11.3. The lowest BCUT2D eigenvalue weighted by Crippen LogP contribution is -2.41. The Morgan fingerprint density at radius 3 is 2.80 bits per heavy atom. The van der Waals surface area contributed by atoms with Crippen LogP contribution in [0.2, 0.25) is 0 Å². The lowest BCUT2D eigenvalue weighted by atomic mass is 10.2. The molecular weight excluding hydrogens is 234 g/mol. The lowest BCUT2D eigenvalue weighted by Gasteiger charge is -2.22. The highest BCUT2D eigenvalue weighted by Crippen LogP contribution is 2.11. The monoisotopic (exact) mass is 253 g/mol. The van der Waals surface area contributed by atoms with Crippen LogP contribution in [0.3, 0.4) is 0 Å². The van der Waals surface area contributed by atoms with Gasteiger partial charge in [0.05, 0.1) is 11.5 Å². The molecule has 0 aromatic carbocycles. The number of rotatable bonds is 5. The summed E-state index contributed by atoms with van der Waals surface area (Å²) in [5, 5.41) is 3.17. The average Bonchev–Trinajstić information content (AvgIpc) is 2.16. The van der Waals surface area contributed by atoms with Crippen LogP contribution in [0.1, 0.15) is 19.8 Å². The molecule has 1 rings (SSSR count). The van der Waals surface area contributed by atoms with E-state index >= 15 is 0 Å². The quantitative estimate of drug-likeness (QED) is 0.744. The van der Waals surface area contributed by atoms with Crippen LogP contribution < -0.4 is 5.32 Å². The fourth-order valence-corrected chi connectivity index (χ4v) is 4.01. The van der Waals surface area contributed by atoms with Crippen LogP contribution in [0.25, 0.3) is 0 Å². The van der Waals surface area contributed by atoms with Gasteiger partial charge in [-0.05, 0) is 12.8 Å². The normalized spacial score (nSPS) is 27.4. The smallest absolute Gasteiger partial charge is 0.151 e. The van der Waals surface area contributed by atoms with Gasteiger partial charge in [-0.3, -0.25) is 4.21 Å². The van der Waals surface area contributed by atoms with Gasteiger partial charge in [-0.25, -0.2) is 8.42 Å². The molecule has 0 aromatic heterocycles. The van der Waals surface area contributed by atoms with Gasteiger partial charge in [0.2, 0.25) is 0 Å². The summed E-state index contributed by atoms with van der Waals surface area (Å²) in [5.41, 5.74) is 0. The summed E-state index contributed by atoms with van der Waals surface area (Å²) < 4.78 is 33.8. The van der Waals surface area contributed by atoms with Crippen molar-refractivity contribution in [2.24, 2.45) is 0 Å². The first-order chi connectivity index (χ1) is 7.03.